The van der Waals surface area contributed by atoms with Crippen LogP contribution in [0.2, 0.25) is 5.15 Å². The zero-order valence-electron chi connectivity index (χ0n) is 8.71. The molecule has 1 saturated carbocycles. The first-order chi connectivity index (χ1) is 7.16. The molecular weight excluding hydrogens is 322 g/mol. The number of nitrogens with zero attached hydrogens (tertiary/aromatic N) is 2. The second-order valence-electron chi connectivity index (χ2n) is 4.34. The van der Waals surface area contributed by atoms with Crippen molar-refractivity contribution in [2.75, 3.05) is 0 Å². The molecule has 15 heavy (non-hydrogen) atoms. The van der Waals surface area contributed by atoms with E-state index in [0.29, 0.717) is 11.1 Å². The number of hydrogen-bond acceptors (Lipinski definition) is 2. The maximum atomic E-state index is 6.01. The highest BCUT2D eigenvalue weighted by Gasteiger charge is 2.22. The van der Waals surface area contributed by atoms with Crippen molar-refractivity contribution in [3.63, 3.8) is 0 Å². The van der Waals surface area contributed by atoms with Crippen LogP contribution in [0.4, 0.5) is 0 Å². The summed E-state index contributed by atoms with van der Waals surface area (Å²) in [4.78, 5) is 8.77. The van der Waals surface area contributed by atoms with Crippen molar-refractivity contribution in [2.24, 2.45) is 5.92 Å². The second-order valence-corrected chi connectivity index (χ2v) is 5.86. The molecule has 0 spiro atoms. The van der Waals surface area contributed by atoms with Gasteiger partial charge in [0.05, 0.1) is 3.57 Å². The summed E-state index contributed by atoms with van der Waals surface area (Å²) in [7, 11) is 0. The minimum absolute atomic E-state index is 0.517. The molecule has 2 nitrogen and oxygen atoms in total. The van der Waals surface area contributed by atoms with Gasteiger partial charge in [0, 0.05) is 12.1 Å². The molecular formula is C11H14ClIN2. The van der Waals surface area contributed by atoms with Gasteiger partial charge in [-0.25, -0.2) is 9.97 Å². The van der Waals surface area contributed by atoms with E-state index in [1.165, 1.54) is 25.7 Å². The standard InChI is InChI=1S/C11H14ClIN2/c1-7-3-2-4-8(5-7)11-14-6-9(13)10(12)15-11/h6-8H,2-5H2,1H3. The molecule has 2 unspecified atom stereocenters. The Kier molecular flexibility index (Phi) is 3.83. The van der Waals surface area contributed by atoms with Gasteiger partial charge in [-0.05, 0) is 41.4 Å². The molecule has 0 N–H and O–H groups in total. The van der Waals surface area contributed by atoms with Crippen LogP contribution < -0.4 is 0 Å². The Morgan fingerprint density at radius 1 is 1.47 bits per heavy atom. The molecule has 1 aliphatic carbocycles. The highest BCUT2D eigenvalue weighted by Crippen LogP contribution is 2.34. The van der Waals surface area contributed by atoms with Gasteiger partial charge in [-0.15, -0.1) is 0 Å². The highest BCUT2D eigenvalue weighted by molar-refractivity contribution is 14.1. The molecule has 1 aromatic rings. The predicted octanol–water partition coefficient (Wildman–Crippen LogP) is 4.03. The molecule has 1 aliphatic rings. The third-order valence-electron chi connectivity index (χ3n) is 3.02. The molecule has 1 heterocycles. The van der Waals surface area contributed by atoms with E-state index in [9.17, 15) is 0 Å². The van der Waals surface area contributed by atoms with E-state index < -0.39 is 0 Å². The van der Waals surface area contributed by atoms with Crippen LogP contribution in [0.3, 0.4) is 0 Å². The van der Waals surface area contributed by atoms with E-state index in [-0.39, 0.29) is 0 Å². The molecule has 4 heteroatoms. The summed E-state index contributed by atoms with van der Waals surface area (Å²) in [6.07, 6.45) is 6.87. The molecule has 2 rings (SSSR count). The number of hydrogen-bond donors (Lipinski definition) is 0. The maximum Gasteiger partial charge on any atom is 0.146 e. The fourth-order valence-corrected chi connectivity index (χ4v) is 2.62. The second kappa shape index (κ2) is 4.95. The fraction of sp³-hybridized carbons (Fsp3) is 0.636. The van der Waals surface area contributed by atoms with Crippen LogP contribution in [0, 0.1) is 9.49 Å². The van der Waals surface area contributed by atoms with E-state index in [4.69, 9.17) is 11.6 Å². The van der Waals surface area contributed by atoms with E-state index in [1.54, 1.807) is 0 Å². The van der Waals surface area contributed by atoms with Crippen LogP contribution in [-0.4, -0.2) is 9.97 Å². The lowest BCUT2D eigenvalue weighted by Crippen LogP contribution is -2.14. The van der Waals surface area contributed by atoms with E-state index in [1.807, 2.05) is 6.20 Å². The molecule has 82 valence electrons. The third-order valence-corrected chi connectivity index (χ3v) is 4.42. The first-order valence-corrected chi connectivity index (χ1v) is 6.80. The fourth-order valence-electron chi connectivity index (χ4n) is 2.22. The lowest BCUT2D eigenvalue weighted by atomic mass is 9.82. The third kappa shape index (κ3) is 2.81. The molecule has 0 radical (unpaired) electrons. The van der Waals surface area contributed by atoms with Crippen molar-refractivity contribution < 1.29 is 0 Å². The molecule has 0 saturated heterocycles. The zero-order chi connectivity index (χ0) is 10.8. The zero-order valence-corrected chi connectivity index (χ0v) is 11.6. The van der Waals surface area contributed by atoms with E-state index >= 15 is 0 Å². The summed E-state index contributed by atoms with van der Waals surface area (Å²) in [6.45, 7) is 2.31. The Labute approximate surface area is 109 Å². The monoisotopic (exact) mass is 336 g/mol. The summed E-state index contributed by atoms with van der Waals surface area (Å²) < 4.78 is 0.932. The number of halogens is 2. The van der Waals surface area contributed by atoms with Crippen molar-refractivity contribution in [3.05, 3.63) is 20.7 Å². The summed E-state index contributed by atoms with van der Waals surface area (Å²) in [5.41, 5.74) is 0. The summed E-state index contributed by atoms with van der Waals surface area (Å²) in [5.74, 6) is 2.25. The van der Waals surface area contributed by atoms with Gasteiger partial charge in [-0.3, -0.25) is 0 Å². The maximum absolute atomic E-state index is 6.01. The smallest absolute Gasteiger partial charge is 0.146 e. The van der Waals surface area contributed by atoms with Crippen molar-refractivity contribution >= 4 is 34.2 Å². The van der Waals surface area contributed by atoms with Crippen LogP contribution >= 0.6 is 34.2 Å². The van der Waals surface area contributed by atoms with Gasteiger partial charge < -0.3 is 0 Å². The molecule has 0 bridgehead atoms. The Balaban J connectivity index is 2.18. The molecule has 1 aromatic heterocycles. The van der Waals surface area contributed by atoms with Crippen molar-refractivity contribution in [2.45, 2.75) is 38.5 Å². The van der Waals surface area contributed by atoms with Gasteiger partial charge in [0.15, 0.2) is 0 Å². The van der Waals surface area contributed by atoms with Gasteiger partial charge in [0.2, 0.25) is 0 Å². The highest BCUT2D eigenvalue weighted by atomic mass is 127. The molecule has 1 fully saturated rings. The average Bonchev–Trinajstić information content (AvgIpc) is 2.22. The van der Waals surface area contributed by atoms with Crippen LogP contribution in [0.25, 0.3) is 0 Å². The first kappa shape index (κ1) is 11.6. The quantitative estimate of drug-likeness (QED) is 0.571. The largest absolute Gasteiger partial charge is 0.240 e. The van der Waals surface area contributed by atoms with Crippen molar-refractivity contribution in [1.82, 2.24) is 9.97 Å². The predicted molar refractivity (Wildman–Crippen MR) is 70.1 cm³/mol. The minimum atomic E-state index is 0.517. The minimum Gasteiger partial charge on any atom is -0.240 e. The van der Waals surface area contributed by atoms with E-state index in [0.717, 1.165) is 15.3 Å². The van der Waals surface area contributed by atoms with Gasteiger partial charge >= 0.3 is 0 Å². The SMILES string of the molecule is CC1CCCC(c2ncc(I)c(Cl)n2)C1. The lowest BCUT2D eigenvalue weighted by Gasteiger charge is -2.25. The van der Waals surface area contributed by atoms with Crippen molar-refractivity contribution in [3.8, 4) is 0 Å². The summed E-state index contributed by atoms with van der Waals surface area (Å²) >= 11 is 8.17. The first-order valence-electron chi connectivity index (χ1n) is 5.34. The van der Waals surface area contributed by atoms with Crippen LogP contribution in [-0.2, 0) is 0 Å². The molecule has 0 aromatic carbocycles. The van der Waals surface area contributed by atoms with Gasteiger partial charge in [0.25, 0.3) is 0 Å². The average molecular weight is 337 g/mol. The van der Waals surface area contributed by atoms with Crippen LogP contribution in [0.1, 0.15) is 44.3 Å². The Morgan fingerprint density at radius 3 is 2.93 bits per heavy atom. The molecule has 2 atom stereocenters. The Hall–Kier alpha value is 0.1000. The summed E-state index contributed by atoms with van der Waals surface area (Å²) in [5, 5.41) is 0.596. The normalized spacial score (nSPS) is 26.6. The van der Waals surface area contributed by atoms with Crippen molar-refractivity contribution in [1.29, 1.82) is 0 Å². The molecule has 0 amide bonds. The van der Waals surface area contributed by atoms with E-state index in [2.05, 4.69) is 39.5 Å². The summed E-state index contributed by atoms with van der Waals surface area (Å²) in [6, 6.07) is 0. The topological polar surface area (TPSA) is 25.8 Å². The van der Waals surface area contributed by atoms with Gasteiger partial charge in [0.1, 0.15) is 11.0 Å². The van der Waals surface area contributed by atoms with Crippen LogP contribution in [0.15, 0.2) is 6.20 Å². The molecule has 0 aliphatic heterocycles. The van der Waals surface area contributed by atoms with Gasteiger partial charge in [-0.1, -0.05) is 31.4 Å². The number of rotatable bonds is 1. The van der Waals surface area contributed by atoms with Crippen LogP contribution in [0.5, 0.6) is 0 Å². The number of aromatic nitrogens is 2. The van der Waals surface area contributed by atoms with Gasteiger partial charge in [-0.2, -0.15) is 0 Å². The lowest BCUT2D eigenvalue weighted by molar-refractivity contribution is 0.335. The Bertz CT molecular complexity index is 356. The Morgan fingerprint density at radius 2 is 2.27 bits per heavy atom.